The highest BCUT2D eigenvalue weighted by molar-refractivity contribution is 5.81. The molecule has 0 aliphatic carbocycles. The van der Waals surface area contributed by atoms with Gasteiger partial charge in [-0.1, -0.05) is 34.1 Å². The topological polar surface area (TPSA) is 79.5 Å². The summed E-state index contributed by atoms with van der Waals surface area (Å²) in [4.78, 5) is 15.7. The Morgan fingerprint density at radius 3 is 2.35 bits per heavy atom. The molecule has 0 aromatic carbocycles. The summed E-state index contributed by atoms with van der Waals surface area (Å²) in [5.74, 6) is 0.490. The van der Waals surface area contributed by atoms with Gasteiger partial charge in [-0.15, -0.1) is 0 Å². The summed E-state index contributed by atoms with van der Waals surface area (Å²) in [5.41, 5.74) is 5.30. The van der Waals surface area contributed by atoms with E-state index >= 15 is 0 Å². The smallest absolute Gasteiger partial charge is 0.225 e. The van der Waals surface area contributed by atoms with Crippen LogP contribution in [0.4, 0.5) is 0 Å². The Kier molecular flexibility index (Phi) is 7.34. The van der Waals surface area contributed by atoms with Crippen LogP contribution in [0.25, 0.3) is 0 Å². The second-order valence-corrected chi connectivity index (χ2v) is 5.05. The molecule has 0 fully saturated rings. The van der Waals surface area contributed by atoms with Crippen molar-refractivity contribution in [3.8, 4) is 0 Å². The van der Waals surface area contributed by atoms with Crippen LogP contribution < -0.4 is 16.4 Å². The summed E-state index contributed by atoms with van der Waals surface area (Å²) >= 11 is 0. The SMILES string of the molecule is CCCCN=C(N)NCCNC(=O)C(C)(C)C. The average molecular weight is 242 g/mol. The van der Waals surface area contributed by atoms with Crippen molar-refractivity contribution in [1.82, 2.24) is 10.6 Å². The van der Waals surface area contributed by atoms with Gasteiger partial charge in [-0.2, -0.15) is 0 Å². The van der Waals surface area contributed by atoms with Crippen molar-refractivity contribution in [2.24, 2.45) is 16.1 Å². The number of carbonyl (C=O) groups is 1. The van der Waals surface area contributed by atoms with E-state index in [-0.39, 0.29) is 11.3 Å². The zero-order valence-electron chi connectivity index (χ0n) is 11.5. The first-order chi connectivity index (χ1) is 7.88. The molecule has 5 heteroatoms. The van der Waals surface area contributed by atoms with E-state index in [9.17, 15) is 4.79 Å². The Morgan fingerprint density at radius 2 is 1.82 bits per heavy atom. The number of unbranched alkanes of at least 4 members (excludes halogenated alkanes) is 1. The van der Waals surface area contributed by atoms with Crippen LogP contribution in [0, 0.1) is 5.41 Å². The molecule has 0 saturated carbocycles. The van der Waals surface area contributed by atoms with Crippen molar-refractivity contribution >= 4 is 11.9 Å². The summed E-state index contributed by atoms with van der Waals surface area (Å²) in [6, 6.07) is 0. The van der Waals surface area contributed by atoms with Gasteiger partial charge in [-0.05, 0) is 6.42 Å². The van der Waals surface area contributed by atoms with E-state index in [1.807, 2.05) is 20.8 Å². The predicted octanol–water partition coefficient (Wildman–Crippen LogP) is 0.853. The standard InChI is InChI=1S/C12H26N4O/c1-5-6-7-15-11(13)16-9-8-14-10(17)12(2,3)4/h5-9H2,1-4H3,(H,14,17)(H3,13,15,16). The molecule has 0 aromatic heterocycles. The largest absolute Gasteiger partial charge is 0.370 e. The maximum Gasteiger partial charge on any atom is 0.225 e. The zero-order chi connectivity index (χ0) is 13.3. The summed E-state index contributed by atoms with van der Waals surface area (Å²) in [7, 11) is 0. The lowest BCUT2D eigenvalue weighted by Crippen LogP contribution is -2.41. The molecule has 1 amide bonds. The van der Waals surface area contributed by atoms with Crippen LogP contribution in [-0.4, -0.2) is 31.5 Å². The lowest BCUT2D eigenvalue weighted by Gasteiger charge is -2.17. The van der Waals surface area contributed by atoms with Crippen LogP contribution >= 0.6 is 0 Å². The highest BCUT2D eigenvalue weighted by atomic mass is 16.2. The molecule has 100 valence electrons. The van der Waals surface area contributed by atoms with E-state index in [0.29, 0.717) is 19.0 Å². The van der Waals surface area contributed by atoms with E-state index in [2.05, 4.69) is 22.5 Å². The molecule has 0 aliphatic heterocycles. The van der Waals surface area contributed by atoms with Crippen LogP contribution in [0.2, 0.25) is 0 Å². The number of guanidine groups is 1. The highest BCUT2D eigenvalue weighted by Gasteiger charge is 2.19. The fourth-order valence-electron chi connectivity index (χ4n) is 1.05. The van der Waals surface area contributed by atoms with Gasteiger partial charge in [0.15, 0.2) is 5.96 Å². The lowest BCUT2D eigenvalue weighted by molar-refractivity contribution is -0.128. The minimum absolute atomic E-state index is 0.0424. The molecule has 0 rings (SSSR count). The zero-order valence-corrected chi connectivity index (χ0v) is 11.5. The normalized spacial score (nSPS) is 12.4. The first kappa shape index (κ1) is 15.7. The number of hydrogen-bond acceptors (Lipinski definition) is 2. The quantitative estimate of drug-likeness (QED) is 0.367. The van der Waals surface area contributed by atoms with Crippen molar-refractivity contribution in [3.63, 3.8) is 0 Å². The molecule has 0 unspecified atom stereocenters. The fourth-order valence-corrected chi connectivity index (χ4v) is 1.05. The maximum atomic E-state index is 11.5. The van der Waals surface area contributed by atoms with E-state index in [4.69, 9.17) is 5.73 Å². The lowest BCUT2D eigenvalue weighted by atomic mass is 9.96. The van der Waals surface area contributed by atoms with Gasteiger partial charge < -0.3 is 16.4 Å². The van der Waals surface area contributed by atoms with Gasteiger partial charge in [0.2, 0.25) is 5.91 Å². The molecule has 0 spiro atoms. The van der Waals surface area contributed by atoms with Crippen molar-refractivity contribution in [2.45, 2.75) is 40.5 Å². The Bertz CT molecular complexity index is 256. The van der Waals surface area contributed by atoms with E-state index < -0.39 is 0 Å². The molecule has 0 radical (unpaired) electrons. The third kappa shape index (κ3) is 8.54. The van der Waals surface area contributed by atoms with Crippen LogP contribution in [0.15, 0.2) is 4.99 Å². The van der Waals surface area contributed by atoms with Crippen LogP contribution in [0.1, 0.15) is 40.5 Å². The van der Waals surface area contributed by atoms with Crippen LogP contribution in [0.3, 0.4) is 0 Å². The van der Waals surface area contributed by atoms with E-state index in [0.717, 1.165) is 19.4 Å². The fraction of sp³-hybridized carbons (Fsp3) is 0.833. The molecular weight excluding hydrogens is 216 g/mol. The monoisotopic (exact) mass is 242 g/mol. The first-order valence-electron chi connectivity index (χ1n) is 6.20. The number of nitrogens with one attached hydrogen (secondary N) is 2. The Labute approximate surface area is 104 Å². The Hall–Kier alpha value is -1.26. The number of hydrogen-bond donors (Lipinski definition) is 3. The average Bonchev–Trinajstić information content (AvgIpc) is 2.23. The van der Waals surface area contributed by atoms with E-state index in [1.165, 1.54) is 0 Å². The summed E-state index contributed by atoms with van der Waals surface area (Å²) in [6.07, 6.45) is 2.15. The maximum absolute atomic E-state index is 11.5. The molecule has 0 saturated heterocycles. The van der Waals surface area contributed by atoms with Crippen LogP contribution in [-0.2, 0) is 4.79 Å². The highest BCUT2D eigenvalue weighted by Crippen LogP contribution is 2.11. The minimum atomic E-state index is -0.346. The number of nitrogens with zero attached hydrogens (tertiary/aromatic N) is 1. The predicted molar refractivity (Wildman–Crippen MR) is 71.9 cm³/mol. The molecule has 0 aromatic rings. The van der Waals surface area contributed by atoms with Gasteiger partial charge in [0.25, 0.3) is 0 Å². The number of amides is 1. The molecule has 0 aliphatic rings. The molecule has 4 N–H and O–H groups in total. The second-order valence-electron chi connectivity index (χ2n) is 5.05. The first-order valence-corrected chi connectivity index (χ1v) is 6.20. The van der Waals surface area contributed by atoms with E-state index in [1.54, 1.807) is 0 Å². The van der Waals surface area contributed by atoms with Gasteiger partial charge >= 0.3 is 0 Å². The van der Waals surface area contributed by atoms with Crippen molar-refractivity contribution in [1.29, 1.82) is 0 Å². The molecule has 17 heavy (non-hydrogen) atoms. The van der Waals surface area contributed by atoms with Gasteiger partial charge in [0.05, 0.1) is 0 Å². The molecular formula is C12H26N4O. The molecule has 5 nitrogen and oxygen atoms in total. The van der Waals surface area contributed by atoms with Gasteiger partial charge in [-0.3, -0.25) is 9.79 Å². The van der Waals surface area contributed by atoms with Crippen LogP contribution in [0.5, 0.6) is 0 Å². The molecule has 0 heterocycles. The number of nitrogens with two attached hydrogens (primary N) is 1. The number of aliphatic imine (C=N–C) groups is 1. The van der Waals surface area contributed by atoms with Gasteiger partial charge in [-0.25, -0.2) is 0 Å². The third-order valence-electron chi connectivity index (χ3n) is 2.19. The van der Waals surface area contributed by atoms with Gasteiger partial charge in [0.1, 0.15) is 0 Å². The van der Waals surface area contributed by atoms with Crippen molar-refractivity contribution < 1.29 is 4.79 Å². The number of carbonyl (C=O) groups excluding carboxylic acids is 1. The Balaban J connectivity index is 3.64. The molecule has 0 atom stereocenters. The summed E-state index contributed by atoms with van der Waals surface area (Å²) in [6.45, 7) is 9.68. The third-order valence-corrected chi connectivity index (χ3v) is 2.19. The minimum Gasteiger partial charge on any atom is -0.370 e. The van der Waals surface area contributed by atoms with Gasteiger partial charge in [0, 0.05) is 25.0 Å². The summed E-state index contributed by atoms with van der Waals surface area (Å²) in [5, 5.41) is 5.79. The van der Waals surface area contributed by atoms with Crippen molar-refractivity contribution in [2.75, 3.05) is 19.6 Å². The second kappa shape index (κ2) is 7.92. The number of rotatable bonds is 6. The Morgan fingerprint density at radius 1 is 1.24 bits per heavy atom. The summed E-state index contributed by atoms with van der Waals surface area (Å²) < 4.78 is 0. The molecule has 0 bridgehead atoms. The van der Waals surface area contributed by atoms with Crippen molar-refractivity contribution in [3.05, 3.63) is 0 Å².